The maximum Gasteiger partial charge on any atom is 0.422 e. The van der Waals surface area contributed by atoms with Crippen LogP contribution in [0.15, 0.2) is 47.5 Å². The molecule has 3 rings (SSSR count). The van der Waals surface area contributed by atoms with Gasteiger partial charge in [0.25, 0.3) is 5.91 Å². The molecule has 1 amide bonds. The van der Waals surface area contributed by atoms with Crippen LogP contribution in [-0.2, 0) is 10.0 Å². The molecule has 0 aliphatic carbocycles. The number of hydrogen-bond donors (Lipinski definition) is 0. The quantitative estimate of drug-likeness (QED) is 0.685. The summed E-state index contributed by atoms with van der Waals surface area (Å²) < 4.78 is 68.0. The molecule has 1 aromatic heterocycles. The largest absolute Gasteiger partial charge is 0.468 e. The van der Waals surface area contributed by atoms with E-state index in [1.165, 1.54) is 39.5 Å². The normalized spacial score (nSPS) is 15.4. The summed E-state index contributed by atoms with van der Waals surface area (Å²) in [5, 5.41) is 9.16. The number of alkyl halides is 3. The van der Waals surface area contributed by atoms with E-state index in [1.54, 1.807) is 6.07 Å². The van der Waals surface area contributed by atoms with Gasteiger partial charge in [-0.15, -0.1) is 0 Å². The number of sulfonamides is 1. The third kappa shape index (κ3) is 5.31. The highest BCUT2D eigenvalue weighted by Gasteiger charge is 2.32. The van der Waals surface area contributed by atoms with Gasteiger partial charge in [0.2, 0.25) is 15.9 Å². The SMILES string of the molecule is N#Cc1ccccc1S(=O)(=O)N1CCN(C(=O)c2ccc(OCC(F)(F)F)nc2)CC1. The molecular formula is C19H17F3N4O4S. The minimum absolute atomic E-state index is 0.0358. The van der Waals surface area contributed by atoms with Crippen molar-refractivity contribution in [3.8, 4) is 11.9 Å². The molecule has 0 spiro atoms. The number of benzene rings is 1. The lowest BCUT2D eigenvalue weighted by Crippen LogP contribution is -2.50. The molecule has 1 aromatic carbocycles. The minimum Gasteiger partial charge on any atom is -0.468 e. The Morgan fingerprint density at radius 3 is 2.39 bits per heavy atom. The van der Waals surface area contributed by atoms with Crippen LogP contribution in [0.4, 0.5) is 13.2 Å². The van der Waals surface area contributed by atoms with E-state index in [0.717, 1.165) is 6.20 Å². The average molecular weight is 454 g/mol. The first-order valence-corrected chi connectivity index (χ1v) is 10.5. The van der Waals surface area contributed by atoms with Crippen molar-refractivity contribution in [2.24, 2.45) is 0 Å². The van der Waals surface area contributed by atoms with E-state index in [1.807, 2.05) is 6.07 Å². The Labute approximate surface area is 176 Å². The lowest BCUT2D eigenvalue weighted by molar-refractivity contribution is -0.154. The second kappa shape index (κ2) is 8.91. The first kappa shape index (κ1) is 22.5. The molecule has 2 heterocycles. The number of amides is 1. The van der Waals surface area contributed by atoms with Gasteiger partial charge in [0, 0.05) is 38.4 Å². The van der Waals surface area contributed by atoms with Gasteiger partial charge in [-0.25, -0.2) is 13.4 Å². The Balaban J connectivity index is 1.63. The van der Waals surface area contributed by atoms with Gasteiger partial charge in [-0.05, 0) is 18.2 Å². The summed E-state index contributed by atoms with van der Waals surface area (Å²) in [6.07, 6.45) is -3.38. The summed E-state index contributed by atoms with van der Waals surface area (Å²) in [4.78, 5) is 17.7. The van der Waals surface area contributed by atoms with Gasteiger partial charge in [0.05, 0.1) is 16.0 Å². The zero-order valence-corrected chi connectivity index (χ0v) is 16.9. The smallest absolute Gasteiger partial charge is 0.422 e. The highest BCUT2D eigenvalue weighted by atomic mass is 32.2. The van der Waals surface area contributed by atoms with Crippen LogP contribution in [0.1, 0.15) is 15.9 Å². The number of aromatic nitrogens is 1. The Morgan fingerprint density at radius 1 is 1.13 bits per heavy atom. The summed E-state index contributed by atoms with van der Waals surface area (Å²) in [6, 6.07) is 10.2. The summed E-state index contributed by atoms with van der Waals surface area (Å²) in [5.74, 6) is -0.690. The lowest BCUT2D eigenvalue weighted by atomic mass is 10.2. The fourth-order valence-electron chi connectivity index (χ4n) is 2.99. The number of rotatable bonds is 5. The van der Waals surface area contributed by atoms with Gasteiger partial charge in [0.1, 0.15) is 6.07 Å². The number of ether oxygens (including phenoxy) is 1. The zero-order chi connectivity index (χ0) is 22.6. The first-order valence-electron chi connectivity index (χ1n) is 9.06. The maximum absolute atomic E-state index is 12.9. The standard InChI is InChI=1S/C19H17F3N4O4S/c20-19(21,22)13-30-17-6-5-15(12-24-17)18(27)25-7-9-26(10-8-25)31(28,29)16-4-2-1-3-14(16)11-23/h1-6,12H,7-10,13H2. The molecule has 0 N–H and O–H groups in total. The van der Waals surface area contributed by atoms with E-state index in [0.29, 0.717) is 0 Å². The van der Waals surface area contributed by atoms with Gasteiger partial charge in [-0.2, -0.15) is 22.7 Å². The molecule has 0 saturated carbocycles. The highest BCUT2D eigenvalue weighted by Crippen LogP contribution is 2.22. The Morgan fingerprint density at radius 2 is 1.81 bits per heavy atom. The summed E-state index contributed by atoms with van der Waals surface area (Å²) in [6.45, 7) is -1.20. The first-order chi connectivity index (χ1) is 14.6. The number of nitrogens with zero attached hydrogens (tertiary/aromatic N) is 4. The molecule has 0 bridgehead atoms. The molecule has 0 atom stereocenters. The maximum atomic E-state index is 12.9. The second-order valence-electron chi connectivity index (χ2n) is 6.59. The number of pyridine rings is 1. The van der Waals surface area contributed by atoms with Crippen LogP contribution in [0.2, 0.25) is 0 Å². The van der Waals surface area contributed by atoms with Gasteiger partial charge in [-0.3, -0.25) is 4.79 Å². The fraction of sp³-hybridized carbons (Fsp3) is 0.316. The highest BCUT2D eigenvalue weighted by molar-refractivity contribution is 7.89. The van der Waals surface area contributed by atoms with Crippen LogP contribution < -0.4 is 4.74 Å². The lowest BCUT2D eigenvalue weighted by Gasteiger charge is -2.34. The number of carbonyl (C=O) groups is 1. The third-order valence-electron chi connectivity index (χ3n) is 4.52. The van der Waals surface area contributed by atoms with E-state index in [2.05, 4.69) is 9.72 Å². The van der Waals surface area contributed by atoms with E-state index in [9.17, 15) is 26.4 Å². The van der Waals surface area contributed by atoms with Crippen molar-refractivity contribution in [2.45, 2.75) is 11.1 Å². The van der Waals surface area contributed by atoms with Crippen LogP contribution in [0.25, 0.3) is 0 Å². The van der Waals surface area contributed by atoms with Crippen LogP contribution in [0.5, 0.6) is 5.88 Å². The van der Waals surface area contributed by atoms with Gasteiger partial charge < -0.3 is 9.64 Å². The van der Waals surface area contributed by atoms with Gasteiger partial charge >= 0.3 is 6.18 Å². The number of halogens is 3. The molecule has 2 aromatic rings. The number of nitriles is 1. The Bertz CT molecular complexity index is 1090. The predicted molar refractivity (Wildman–Crippen MR) is 102 cm³/mol. The molecule has 1 aliphatic heterocycles. The molecule has 0 unspecified atom stereocenters. The van der Waals surface area contributed by atoms with Crippen molar-refractivity contribution in [1.29, 1.82) is 5.26 Å². The average Bonchev–Trinajstić information content (AvgIpc) is 2.77. The number of carbonyl (C=O) groups excluding carboxylic acids is 1. The summed E-state index contributed by atoms with van der Waals surface area (Å²) in [5.41, 5.74) is 0.186. The Hall–Kier alpha value is -3.17. The molecule has 1 saturated heterocycles. The molecule has 164 valence electrons. The van der Waals surface area contributed by atoms with Crippen molar-refractivity contribution >= 4 is 15.9 Å². The van der Waals surface area contributed by atoms with Gasteiger partial charge in [0.15, 0.2) is 6.61 Å². The third-order valence-corrected chi connectivity index (χ3v) is 6.47. The minimum atomic E-state index is -4.50. The molecule has 31 heavy (non-hydrogen) atoms. The zero-order valence-electron chi connectivity index (χ0n) is 16.0. The number of hydrogen-bond acceptors (Lipinski definition) is 6. The molecule has 12 heteroatoms. The van der Waals surface area contributed by atoms with Crippen molar-refractivity contribution in [3.63, 3.8) is 0 Å². The molecule has 1 aliphatic rings. The van der Waals surface area contributed by atoms with Crippen molar-refractivity contribution < 1.29 is 31.1 Å². The van der Waals surface area contributed by atoms with Crippen LogP contribution in [-0.4, -0.2) is 67.5 Å². The topological polar surface area (TPSA) is 104 Å². The predicted octanol–water partition coefficient (Wildman–Crippen LogP) is 2.04. The molecule has 8 nitrogen and oxygen atoms in total. The molecular weight excluding hydrogens is 437 g/mol. The van der Waals surface area contributed by atoms with E-state index in [4.69, 9.17) is 5.26 Å². The van der Waals surface area contributed by atoms with Gasteiger partial charge in [-0.1, -0.05) is 12.1 Å². The van der Waals surface area contributed by atoms with Crippen LogP contribution in [0, 0.1) is 11.3 Å². The Kier molecular flexibility index (Phi) is 6.47. The summed E-state index contributed by atoms with van der Waals surface area (Å²) in [7, 11) is -3.89. The fourth-order valence-corrected chi connectivity index (χ4v) is 4.55. The van der Waals surface area contributed by atoms with E-state index in [-0.39, 0.29) is 48.1 Å². The molecule has 1 fully saturated rings. The van der Waals surface area contributed by atoms with Crippen LogP contribution >= 0.6 is 0 Å². The van der Waals surface area contributed by atoms with Crippen LogP contribution in [0.3, 0.4) is 0 Å². The number of piperazine rings is 1. The molecule has 0 radical (unpaired) electrons. The van der Waals surface area contributed by atoms with E-state index >= 15 is 0 Å². The second-order valence-corrected chi connectivity index (χ2v) is 8.50. The van der Waals surface area contributed by atoms with Crippen molar-refractivity contribution in [2.75, 3.05) is 32.8 Å². The van der Waals surface area contributed by atoms with Crippen molar-refractivity contribution in [1.82, 2.24) is 14.2 Å². The van der Waals surface area contributed by atoms with Crippen molar-refractivity contribution in [3.05, 3.63) is 53.7 Å². The monoisotopic (exact) mass is 454 g/mol. The summed E-state index contributed by atoms with van der Waals surface area (Å²) >= 11 is 0. The van der Waals surface area contributed by atoms with E-state index < -0.39 is 28.7 Å².